The molecule has 4 nitrogen and oxygen atoms in total. The fourth-order valence-corrected chi connectivity index (χ4v) is 1.98. The molecular weight excluding hydrogens is 287 g/mol. The van der Waals surface area contributed by atoms with E-state index in [1.807, 2.05) is 6.26 Å². The Bertz CT molecular complexity index is 572. The predicted octanol–water partition coefficient (Wildman–Crippen LogP) is 3.78. The Kier molecular flexibility index (Phi) is 4.44. The molecule has 1 aromatic heterocycles. The first-order valence-electron chi connectivity index (χ1n) is 5.45. The van der Waals surface area contributed by atoms with E-state index in [1.54, 1.807) is 25.2 Å². The van der Waals surface area contributed by atoms with Crippen LogP contribution in [0.25, 0.3) is 0 Å². The van der Waals surface area contributed by atoms with Crippen molar-refractivity contribution in [3.63, 3.8) is 0 Å². The summed E-state index contributed by atoms with van der Waals surface area (Å²) < 4.78 is 13.7. The second-order valence-electron chi connectivity index (χ2n) is 3.62. The maximum absolute atomic E-state index is 13.7. The topological polar surface area (TPSA) is 49.8 Å². The highest BCUT2D eigenvalue weighted by molar-refractivity contribution is 7.98. The van der Waals surface area contributed by atoms with E-state index in [4.69, 9.17) is 11.6 Å². The molecule has 0 saturated carbocycles. The number of anilines is 3. The van der Waals surface area contributed by atoms with E-state index in [0.717, 1.165) is 0 Å². The summed E-state index contributed by atoms with van der Waals surface area (Å²) in [6.07, 6.45) is 1.88. The number of hydrogen-bond donors (Lipinski definition) is 2. The summed E-state index contributed by atoms with van der Waals surface area (Å²) in [5, 5.41) is 6.80. The molecule has 2 aromatic rings. The van der Waals surface area contributed by atoms with Gasteiger partial charge in [-0.15, -0.1) is 0 Å². The summed E-state index contributed by atoms with van der Waals surface area (Å²) in [4.78, 5) is 8.49. The molecule has 0 bridgehead atoms. The molecule has 7 heteroatoms. The van der Waals surface area contributed by atoms with Crippen molar-refractivity contribution < 1.29 is 4.39 Å². The van der Waals surface area contributed by atoms with Crippen LogP contribution in [-0.4, -0.2) is 23.3 Å². The molecule has 19 heavy (non-hydrogen) atoms. The molecule has 0 fully saturated rings. The van der Waals surface area contributed by atoms with Crippen molar-refractivity contribution in [3.05, 3.63) is 35.1 Å². The SMILES string of the molecule is CNc1cc(Nc2ccc(Cl)cc2F)nc(SC)n1. The second kappa shape index (κ2) is 6.08. The van der Waals surface area contributed by atoms with Gasteiger partial charge in [-0.1, -0.05) is 23.4 Å². The molecule has 0 spiro atoms. The van der Waals surface area contributed by atoms with Gasteiger partial charge in [-0.3, -0.25) is 0 Å². The molecule has 2 rings (SSSR count). The van der Waals surface area contributed by atoms with Gasteiger partial charge in [-0.2, -0.15) is 0 Å². The van der Waals surface area contributed by atoms with E-state index in [-0.39, 0.29) is 0 Å². The molecule has 0 aliphatic heterocycles. The fourth-order valence-electron chi connectivity index (χ4n) is 1.44. The number of halogens is 2. The number of aromatic nitrogens is 2. The van der Waals surface area contributed by atoms with Gasteiger partial charge in [-0.05, 0) is 24.5 Å². The van der Waals surface area contributed by atoms with Crippen LogP contribution >= 0.6 is 23.4 Å². The standard InChI is InChI=1S/C12H12ClFN4S/c1-15-10-6-11(18-12(17-10)19-2)16-9-4-3-7(13)5-8(9)14/h3-6H,1-2H3,(H2,15,16,17,18). The molecule has 0 unspecified atom stereocenters. The van der Waals surface area contributed by atoms with Gasteiger partial charge in [0.15, 0.2) is 5.16 Å². The fraction of sp³-hybridized carbons (Fsp3) is 0.167. The van der Waals surface area contributed by atoms with E-state index in [1.165, 1.54) is 17.8 Å². The lowest BCUT2D eigenvalue weighted by atomic mass is 10.3. The maximum atomic E-state index is 13.7. The Morgan fingerprint density at radius 3 is 2.58 bits per heavy atom. The van der Waals surface area contributed by atoms with Crippen LogP contribution in [0, 0.1) is 5.82 Å². The third-order valence-corrected chi connectivity index (χ3v) is 3.12. The first-order chi connectivity index (χ1) is 9.12. The molecule has 0 radical (unpaired) electrons. The Balaban J connectivity index is 2.31. The van der Waals surface area contributed by atoms with Crippen LogP contribution in [0.15, 0.2) is 29.4 Å². The van der Waals surface area contributed by atoms with Crippen LogP contribution in [0.4, 0.5) is 21.7 Å². The van der Waals surface area contributed by atoms with Crippen molar-refractivity contribution in [1.29, 1.82) is 0 Å². The minimum atomic E-state index is -0.428. The molecule has 0 saturated heterocycles. The van der Waals surface area contributed by atoms with E-state index in [2.05, 4.69) is 20.6 Å². The zero-order valence-electron chi connectivity index (χ0n) is 10.4. The second-order valence-corrected chi connectivity index (χ2v) is 4.83. The van der Waals surface area contributed by atoms with Gasteiger partial charge in [0.2, 0.25) is 0 Å². The number of thioether (sulfide) groups is 1. The molecule has 0 amide bonds. The van der Waals surface area contributed by atoms with E-state index in [9.17, 15) is 4.39 Å². The molecule has 0 aliphatic carbocycles. The van der Waals surface area contributed by atoms with Crippen molar-refractivity contribution in [2.24, 2.45) is 0 Å². The van der Waals surface area contributed by atoms with Gasteiger partial charge in [-0.25, -0.2) is 14.4 Å². The minimum Gasteiger partial charge on any atom is -0.373 e. The van der Waals surface area contributed by atoms with Crippen LogP contribution < -0.4 is 10.6 Å². The predicted molar refractivity (Wildman–Crippen MR) is 78.1 cm³/mol. The Morgan fingerprint density at radius 1 is 1.21 bits per heavy atom. The molecule has 1 heterocycles. The average Bonchev–Trinajstić information content (AvgIpc) is 2.41. The van der Waals surface area contributed by atoms with Crippen LogP contribution in [0.3, 0.4) is 0 Å². The normalized spacial score (nSPS) is 10.3. The van der Waals surface area contributed by atoms with Crippen LogP contribution in [0.5, 0.6) is 0 Å². The monoisotopic (exact) mass is 298 g/mol. The zero-order valence-corrected chi connectivity index (χ0v) is 11.9. The van der Waals surface area contributed by atoms with E-state index >= 15 is 0 Å². The quantitative estimate of drug-likeness (QED) is 0.664. The third kappa shape index (κ3) is 3.48. The molecular formula is C12H12ClFN4S. The minimum absolute atomic E-state index is 0.317. The summed E-state index contributed by atoms with van der Waals surface area (Å²) >= 11 is 7.12. The first kappa shape index (κ1) is 13.9. The molecule has 0 atom stereocenters. The van der Waals surface area contributed by atoms with Gasteiger partial charge in [0.1, 0.15) is 17.5 Å². The van der Waals surface area contributed by atoms with Gasteiger partial charge in [0.25, 0.3) is 0 Å². The number of rotatable bonds is 4. The highest BCUT2D eigenvalue weighted by Gasteiger charge is 2.07. The lowest BCUT2D eigenvalue weighted by molar-refractivity contribution is 0.632. The number of hydrogen-bond acceptors (Lipinski definition) is 5. The van der Waals surface area contributed by atoms with Crippen molar-refractivity contribution >= 4 is 40.7 Å². The van der Waals surface area contributed by atoms with Gasteiger partial charge < -0.3 is 10.6 Å². The third-order valence-electron chi connectivity index (χ3n) is 2.34. The van der Waals surface area contributed by atoms with Crippen LogP contribution in [-0.2, 0) is 0 Å². The van der Waals surface area contributed by atoms with Gasteiger partial charge >= 0.3 is 0 Å². The summed E-state index contributed by atoms with van der Waals surface area (Å²) in [5.74, 6) is 0.754. The van der Waals surface area contributed by atoms with Crippen molar-refractivity contribution in [3.8, 4) is 0 Å². The summed E-state index contributed by atoms with van der Waals surface area (Å²) in [5.41, 5.74) is 0.317. The van der Waals surface area contributed by atoms with E-state index in [0.29, 0.717) is 27.5 Å². The summed E-state index contributed by atoms with van der Waals surface area (Å²) in [6, 6.07) is 6.13. The summed E-state index contributed by atoms with van der Waals surface area (Å²) in [7, 11) is 1.76. The Hall–Kier alpha value is -1.53. The molecule has 1 aromatic carbocycles. The molecule has 2 N–H and O–H groups in total. The smallest absolute Gasteiger partial charge is 0.191 e. The van der Waals surface area contributed by atoms with Gasteiger partial charge in [0.05, 0.1) is 5.69 Å². The first-order valence-corrected chi connectivity index (χ1v) is 7.05. The Labute approximate surface area is 119 Å². The number of nitrogens with zero attached hydrogens (tertiary/aromatic N) is 2. The molecule has 100 valence electrons. The lowest BCUT2D eigenvalue weighted by Gasteiger charge is -2.09. The largest absolute Gasteiger partial charge is 0.373 e. The van der Waals surface area contributed by atoms with Crippen molar-refractivity contribution in [1.82, 2.24) is 9.97 Å². The van der Waals surface area contributed by atoms with Gasteiger partial charge in [0, 0.05) is 18.1 Å². The Morgan fingerprint density at radius 2 is 1.95 bits per heavy atom. The number of benzene rings is 1. The summed E-state index contributed by atoms with van der Waals surface area (Å²) in [6.45, 7) is 0. The average molecular weight is 299 g/mol. The van der Waals surface area contributed by atoms with Crippen molar-refractivity contribution in [2.45, 2.75) is 5.16 Å². The van der Waals surface area contributed by atoms with Crippen LogP contribution in [0.1, 0.15) is 0 Å². The zero-order chi connectivity index (χ0) is 13.8. The van der Waals surface area contributed by atoms with Crippen LogP contribution in [0.2, 0.25) is 5.02 Å². The highest BCUT2D eigenvalue weighted by atomic mass is 35.5. The lowest BCUT2D eigenvalue weighted by Crippen LogP contribution is -2.01. The molecule has 0 aliphatic rings. The maximum Gasteiger partial charge on any atom is 0.191 e. The van der Waals surface area contributed by atoms with E-state index < -0.39 is 5.82 Å². The number of nitrogens with one attached hydrogen (secondary N) is 2. The highest BCUT2D eigenvalue weighted by Crippen LogP contribution is 2.24. The van der Waals surface area contributed by atoms with Crippen molar-refractivity contribution in [2.75, 3.05) is 23.9 Å².